The number of halogens is 1. The highest BCUT2D eigenvalue weighted by Gasteiger charge is 2.11. The van der Waals surface area contributed by atoms with Crippen molar-refractivity contribution in [3.8, 4) is 0 Å². The molecular weight excluding hydrogens is 235 g/mol. The second kappa shape index (κ2) is 5.00. The Bertz CT molecular complexity index is 611. The summed E-state index contributed by atoms with van der Waals surface area (Å²) in [6.45, 7) is 5.95. The van der Waals surface area contributed by atoms with Gasteiger partial charge in [0.15, 0.2) is 5.82 Å². The van der Waals surface area contributed by atoms with Gasteiger partial charge in [-0.25, -0.2) is 9.18 Å². The SMILES string of the molecule is C=C(C)Cn1c(Cc2ccc(F)cc2)noc1=O. The fraction of sp³-hybridized carbons (Fsp3) is 0.231. The van der Waals surface area contributed by atoms with Gasteiger partial charge in [-0.05, 0) is 24.6 Å². The molecule has 0 radical (unpaired) electrons. The monoisotopic (exact) mass is 248 g/mol. The van der Waals surface area contributed by atoms with Crippen molar-refractivity contribution in [2.45, 2.75) is 19.9 Å². The third-order valence-electron chi connectivity index (χ3n) is 2.46. The second-order valence-electron chi connectivity index (χ2n) is 4.21. The van der Waals surface area contributed by atoms with Crippen molar-refractivity contribution in [1.82, 2.24) is 9.72 Å². The predicted octanol–water partition coefficient (Wildman–Crippen LogP) is 2.14. The fourth-order valence-corrected chi connectivity index (χ4v) is 1.63. The molecule has 0 N–H and O–H groups in total. The molecule has 0 aliphatic heterocycles. The molecule has 0 fully saturated rings. The molecule has 0 aliphatic carbocycles. The minimum Gasteiger partial charge on any atom is -0.296 e. The van der Waals surface area contributed by atoms with Crippen molar-refractivity contribution in [1.29, 1.82) is 0 Å². The maximum atomic E-state index is 12.8. The van der Waals surface area contributed by atoms with Crippen molar-refractivity contribution in [3.05, 3.63) is 64.2 Å². The average Bonchev–Trinajstić information content (AvgIpc) is 2.64. The number of aromatic nitrogens is 2. The van der Waals surface area contributed by atoms with E-state index in [0.29, 0.717) is 18.8 Å². The van der Waals surface area contributed by atoms with Gasteiger partial charge in [0.1, 0.15) is 5.82 Å². The molecule has 5 heteroatoms. The van der Waals surface area contributed by atoms with Crippen LogP contribution in [0.25, 0.3) is 0 Å². The minimum atomic E-state index is -0.505. The smallest absolute Gasteiger partial charge is 0.296 e. The summed E-state index contributed by atoms with van der Waals surface area (Å²) >= 11 is 0. The van der Waals surface area contributed by atoms with Crippen LogP contribution in [0.5, 0.6) is 0 Å². The van der Waals surface area contributed by atoms with E-state index in [9.17, 15) is 9.18 Å². The van der Waals surface area contributed by atoms with Crippen LogP contribution in [-0.4, -0.2) is 9.72 Å². The van der Waals surface area contributed by atoms with Gasteiger partial charge >= 0.3 is 5.76 Å². The Kier molecular flexibility index (Phi) is 3.41. The molecular formula is C13H13FN2O2. The quantitative estimate of drug-likeness (QED) is 0.779. The molecule has 4 nitrogen and oxygen atoms in total. The molecule has 0 spiro atoms. The van der Waals surface area contributed by atoms with Gasteiger partial charge < -0.3 is 0 Å². The summed E-state index contributed by atoms with van der Waals surface area (Å²) in [6, 6.07) is 6.05. The van der Waals surface area contributed by atoms with Gasteiger partial charge in [-0.3, -0.25) is 9.09 Å². The summed E-state index contributed by atoms with van der Waals surface area (Å²) in [5, 5.41) is 3.73. The normalized spacial score (nSPS) is 10.6. The summed E-state index contributed by atoms with van der Waals surface area (Å²) in [5.74, 6) is -0.289. The Balaban J connectivity index is 2.26. The van der Waals surface area contributed by atoms with Gasteiger partial charge in [0.25, 0.3) is 0 Å². The fourth-order valence-electron chi connectivity index (χ4n) is 1.63. The van der Waals surface area contributed by atoms with E-state index < -0.39 is 5.76 Å². The van der Waals surface area contributed by atoms with Crippen molar-refractivity contribution < 1.29 is 8.91 Å². The average molecular weight is 248 g/mol. The van der Waals surface area contributed by atoms with Crippen molar-refractivity contribution in [2.75, 3.05) is 0 Å². The zero-order valence-corrected chi connectivity index (χ0v) is 10.0. The highest BCUT2D eigenvalue weighted by atomic mass is 19.1. The first kappa shape index (κ1) is 12.3. The number of rotatable bonds is 4. The minimum absolute atomic E-state index is 0.293. The molecule has 1 aromatic carbocycles. The Morgan fingerprint density at radius 1 is 1.44 bits per heavy atom. The molecule has 18 heavy (non-hydrogen) atoms. The zero-order valence-electron chi connectivity index (χ0n) is 10.0. The van der Waals surface area contributed by atoms with Crippen LogP contribution in [0.4, 0.5) is 4.39 Å². The van der Waals surface area contributed by atoms with Crippen LogP contribution in [0.15, 0.2) is 45.7 Å². The van der Waals surface area contributed by atoms with E-state index >= 15 is 0 Å². The van der Waals surface area contributed by atoms with Crippen LogP contribution in [0, 0.1) is 5.82 Å². The van der Waals surface area contributed by atoms with E-state index in [-0.39, 0.29) is 5.82 Å². The maximum Gasteiger partial charge on any atom is 0.441 e. The Morgan fingerprint density at radius 3 is 2.72 bits per heavy atom. The molecule has 1 aromatic heterocycles. The Morgan fingerprint density at radius 2 is 2.11 bits per heavy atom. The number of benzene rings is 1. The van der Waals surface area contributed by atoms with Crippen LogP contribution in [0.3, 0.4) is 0 Å². The third-order valence-corrected chi connectivity index (χ3v) is 2.46. The van der Waals surface area contributed by atoms with Gasteiger partial charge in [0, 0.05) is 6.42 Å². The molecule has 0 unspecified atom stereocenters. The number of nitrogens with zero attached hydrogens (tertiary/aromatic N) is 2. The van der Waals surface area contributed by atoms with Crippen molar-refractivity contribution >= 4 is 0 Å². The predicted molar refractivity (Wildman–Crippen MR) is 64.8 cm³/mol. The van der Waals surface area contributed by atoms with Crippen molar-refractivity contribution in [3.63, 3.8) is 0 Å². The molecule has 0 aliphatic rings. The molecule has 0 atom stereocenters. The van der Waals surface area contributed by atoms with Crippen LogP contribution < -0.4 is 5.76 Å². The summed E-state index contributed by atoms with van der Waals surface area (Å²) in [7, 11) is 0. The number of allylic oxidation sites excluding steroid dienone is 1. The lowest BCUT2D eigenvalue weighted by molar-refractivity contribution is 0.375. The first-order chi connectivity index (χ1) is 8.56. The molecule has 2 rings (SSSR count). The maximum absolute atomic E-state index is 12.8. The lowest BCUT2D eigenvalue weighted by Crippen LogP contribution is -2.17. The highest BCUT2D eigenvalue weighted by Crippen LogP contribution is 2.08. The molecule has 0 bridgehead atoms. The number of hydrogen-bond donors (Lipinski definition) is 0. The largest absolute Gasteiger partial charge is 0.441 e. The summed E-state index contributed by atoms with van der Waals surface area (Å²) in [5.41, 5.74) is 1.70. The van der Waals surface area contributed by atoms with E-state index in [1.807, 2.05) is 6.92 Å². The molecule has 0 saturated heterocycles. The second-order valence-corrected chi connectivity index (χ2v) is 4.21. The molecule has 1 heterocycles. The van der Waals surface area contributed by atoms with Gasteiger partial charge in [-0.1, -0.05) is 29.4 Å². The molecule has 2 aromatic rings. The van der Waals surface area contributed by atoms with Crippen LogP contribution in [0.2, 0.25) is 0 Å². The molecule has 94 valence electrons. The Hall–Kier alpha value is -2.17. The van der Waals surface area contributed by atoms with E-state index in [0.717, 1.165) is 11.1 Å². The zero-order chi connectivity index (χ0) is 13.1. The first-order valence-corrected chi connectivity index (χ1v) is 5.50. The van der Waals surface area contributed by atoms with Crippen LogP contribution in [-0.2, 0) is 13.0 Å². The third kappa shape index (κ3) is 2.74. The summed E-state index contributed by atoms with van der Waals surface area (Å²) < 4.78 is 18.8. The van der Waals surface area contributed by atoms with Gasteiger partial charge in [0.2, 0.25) is 0 Å². The van der Waals surface area contributed by atoms with Gasteiger partial charge in [0.05, 0.1) is 6.54 Å². The summed E-state index contributed by atoms with van der Waals surface area (Å²) in [4.78, 5) is 11.5. The lowest BCUT2D eigenvalue weighted by Gasteiger charge is -2.04. The van der Waals surface area contributed by atoms with E-state index in [2.05, 4.69) is 16.3 Å². The van der Waals surface area contributed by atoms with E-state index in [1.54, 1.807) is 12.1 Å². The van der Waals surface area contributed by atoms with Crippen LogP contribution >= 0.6 is 0 Å². The van der Waals surface area contributed by atoms with E-state index in [1.165, 1.54) is 16.7 Å². The summed E-state index contributed by atoms with van der Waals surface area (Å²) in [6.07, 6.45) is 0.416. The Labute approximate surface area is 103 Å². The molecule has 0 amide bonds. The molecule has 0 saturated carbocycles. The van der Waals surface area contributed by atoms with Gasteiger partial charge in [-0.15, -0.1) is 0 Å². The first-order valence-electron chi connectivity index (χ1n) is 5.50. The number of hydrogen-bond acceptors (Lipinski definition) is 3. The lowest BCUT2D eigenvalue weighted by atomic mass is 10.1. The van der Waals surface area contributed by atoms with Gasteiger partial charge in [-0.2, -0.15) is 0 Å². The standard InChI is InChI=1S/C13H13FN2O2/c1-9(2)8-16-12(15-18-13(16)17)7-10-3-5-11(14)6-4-10/h3-6H,1,7-8H2,2H3. The van der Waals surface area contributed by atoms with Crippen molar-refractivity contribution in [2.24, 2.45) is 0 Å². The topological polar surface area (TPSA) is 48.0 Å². The highest BCUT2D eigenvalue weighted by molar-refractivity contribution is 5.19. The van der Waals surface area contributed by atoms with E-state index in [4.69, 9.17) is 0 Å². The van der Waals surface area contributed by atoms with Crippen LogP contribution in [0.1, 0.15) is 18.3 Å².